The van der Waals surface area contributed by atoms with Crippen LogP contribution in [0.5, 0.6) is 5.75 Å². The van der Waals surface area contributed by atoms with E-state index in [9.17, 15) is 14.3 Å². The molecule has 1 heterocycles. The maximum atomic E-state index is 14.7. The number of carboxylic acid groups (broad SMARTS) is 1. The Morgan fingerprint density at radius 2 is 1.90 bits per heavy atom. The van der Waals surface area contributed by atoms with E-state index in [0.717, 1.165) is 36.1 Å². The molecule has 0 spiro atoms. The molecule has 0 radical (unpaired) electrons. The quantitative estimate of drug-likeness (QED) is 0.541. The van der Waals surface area contributed by atoms with Crippen LogP contribution in [0.15, 0.2) is 36.4 Å². The largest absolute Gasteiger partial charge is 0.494 e. The van der Waals surface area contributed by atoms with Crippen LogP contribution in [0.1, 0.15) is 47.6 Å². The summed E-state index contributed by atoms with van der Waals surface area (Å²) in [6.45, 7) is 3.87. The first-order valence-electron chi connectivity index (χ1n) is 10.1. The van der Waals surface area contributed by atoms with Crippen molar-refractivity contribution in [2.24, 2.45) is 5.92 Å². The number of ether oxygens (including phenoxy) is 1. The molecule has 4 nitrogen and oxygen atoms in total. The highest BCUT2D eigenvalue weighted by Crippen LogP contribution is 2.45. The average Bonchev–Trinajstić information content (AvgIpc) is 2.94. The maximum Gasteiger partial charge on any atom is 0.311 e. The van der Waals surface area contributed by atoms with Crippen LogP contribution in [-0.4, -0.2) is 27.7 Å². The van der Waals surface area contributed by atoms with Gasteiger partial charge in [0.05, 0.1) is 18.5 Å². The molecule has 1 aliphatic carbocycles. The summed E-state index contributed by atoms with van der Waals surface area (Å²) in [5.74, 6) is -1.84. The van der Waals surface area contributed by atoms with Crippen molar-refractivity contribution in [1.82, 2.24) is 4.57 Å². The Labute approximate surface area is 180 Å². The normalized spacial score (nSPS) is 15.1. The van der Waals surface area contributed by atoms with Gasteiger partial charge in [-0.3, -0.25) is 4.79 Å². The lowest BCUT2D eigenvalue weighted by atomic mass is 9.72. The fourth-order valence-electron chi connectivity index (χ4n) is 4.41. The predicted octanol–water partition coefficient (Wildman–Crippen LogP) is 5.60. The standard InChI is InChI=1S/C24H24FNO3S/c1-13-7-9-16(10-8-13)23(30)26-14(2)21(22(24(27)28)15-5-4-6-15)17-11-20(29-3)18(25)12-19(17)26/h7-12,15,22H,4-6H2,1-3H3,(H,27,28). The summed E-state index contributed by atoms with van der Waals surface area (Å²) < 4.78 is 21.7. The third-order valence-corrected chi connectivity index (χ3v) is 6.64. The van der Waals surface area contributed by atoms with E-state index in [0.29, 0.717) is 21.5 Å². The van der Waals surface area contributed by atoms with Crippen molar-refractivity contribution in [2.75, 3.05) is 7.11 Å². The van der Waals surface area contributed by atoms with Gasteiger partial charge in [-0.25, -0.2) is 4.39 Å². The van der Waals surface area contributed by atoms with E-state index in [1.54, 1.807) is 6.07 Å². The fourth-order valence-corrected chi connectivity index (χ4v) is 4.78. The van der Waals surface area contributed by atoms with Crippen LogP contribution in [0.2, 0.25) is 0 Å². The van der Waals surface area contributed by atoms with Gasteiger partial charge in [0.2, 0.25) is 0 Å². The second-order valence-electron chi connectivity index (χ2n) is 8.02. The highest BCUT2D eigenvalue weighted by Gasteiger charge is 2.38. The number of fused-ring (bicyclic) bond motifs is 1. The molecule has 0 amide bonds. The molecule has 4 rings (SSSR count). The van der Waals surface area contributed by atoms with Gasteiger partial charge >= 0.3 is 5.97 Å². The van der Waals surface area contributed by atoms with Crippen LogP contribution >= 0.6 is 12.2 Å². The Kier molecular flexibility index (Phi) is 5.36. The summed E-state index contributed by atoms with van der Waals surface area (Å²) in [6.07, 6.45) is 2.79. The molecule has 3 aromatic rings. The molecule has 1 aliphatic rings. The van der Waals surface area contributed by atoms with Gasteiger partial charge in [0.15, 0.2) is 11.6 Å². The lowest BCUT2D eigenvalue weighted by Gasteiger charge is -2.31. The Hall–Kier alpha value is -2.73. The van der Waals surface area contributed by atoms with Crippen LogP contribution in [-0.2, 0) is 4.79 Å². The van der Waals surface area contributed by atoms with Crippen molar-refractivity contribution in [3.8, 4) is 5.75 Å². The molecule has 30 heavy (non-hydrogen) atoms. The molecule has 0 aliphatic heterocycles. The second-order valence-corrected chi connectivity index (χ2v) is 8.40. The van der Waals surface area contributed by atoms with Crippen molar-refractivity contribution in [2.45, 2.75) is 39.0 Å². The van der Waals surface area contributed by atoms with Crippen molar-refractivity contribution >= 4 is 34.1 Å². The number of aryl methyl sites for hydroxylation is 1. The number of hydrogen-bond acceptors (Lipinski definition) is 3. The van der Waals surface area contributed by atoms with Gasteiger partial charge in [0, 0.05) is 22.7 Å². The van der Waals surface area contributed by atoms with Gasteiger partial charge in [-0.05, 0) is 44.2 Å². The molecule has 1 aromatic heterocycles. The number of aliphatic carboxylic acids is 1. The Balaban J connectivity index is 1.99. The number of thiocarbonyl (C=S) groups is 1. The molecule has 156 valence electrons. The number of carbonyl (C=O) groups is 1. The summed E-state index contributed by atoms with van der Waals surface area (Å²) in [4.78, 5) is 12.8. The van der Waals surface area contributed by atoms with E-state index < -0.39 is 17.7 Å². The first-order chi connectivity index (χ1) is 14.3. The fraction of sp³-hybridized carbons (Fsp3) is 0.333. The minimum Gasteiger partial charge on any atom is -0.494 e. The third kappa shape index (κ3) is 3.29. The van der Waals surface area contributed by atoms with Gasteiger partial charge in [0.1, 0.15) is 4.99 Å². The summed E-state index contributed by atoms with van der Waals surface area (Å²) >= 11 is 5.79. The van der Waals surface area contributed by atoms with Crippen LogP contribution in [0.4, 0.5) is 4.39 Å². The number of rotatable bonds is 5. The van der Waals surface area contributed by atoms with Crippen molar-refractivity contribution in [3.05, 3.63) is 64.6 Å². The smallest absolute Gasteiger partial charge is 0.311 e. The van der Waals surface area contributed by atoms with Crippen molar-refractivity contribution in [3.63, 3.8) is 0 Å². The molecule has 6 heteroatoms. The minimum absolute atomic E-state index is 0.0734. The van der Waals surface area contributed by atoms with E-state index >= 15 is 0 Å². The van der Waals surface area contributed by atoms with E-state index in [1.165, 1.54) is 13.2 Å². The van der Waals surface area contributed by atoms with Crippen LogP contribution in [0.25, 0.3) is 10.9 Å². The summed E-state index contributed by atoms with van der Waals surface area (Å²) in [5, 5.41) is 10.8. The Morgan fingerprint density at radius 1 is 1.23 bits per heavy atom. The van der Waals surface area contributed by atoms with E-state index in [4.69, 9.17) is 17.0 Å². The van der Waals surface area contributed by atoms with Crippen molar-refractivity contribution in [1.29, 1.82) is 0 Å². The number of carboxylic acids is 1. The first-order valence-corrected chi connectivity index (χ1v) is 10.5. The number of hydrogen-bond donors (Lipinski definition) is 1. The van der Waals surface area contributed by atoms with E-state index in [1.807, 2.05) is 42.7 Å². The zero-order valence-electron chi connectivity index (χ0n) is 17.2. The number of halogens is 1. The summed E-state index contributed by atoms with van der Waals surface area (Å²) in [6, 6.07) is 10.8. The van der Waals surface area contributed by atoms with Gasteiger partial charge in [-0.15, -0.1) is 0 Å². The van der Waals surface area contributed by atoms with Gasteiger partial charge < -0.3 is 14.4 Å². The molecule has 1 atom stereocenters. The summed E-state index contributed by atoms with van der Waals surface area (Å²) in [7, 11) is 1.41. The first kappa shape index (κ1) is 20.5. The molecule has 1 fully saturated rings. The summed E-state index contributed by atoms with van der Waals surface area (Å²) in [5.41, 5.74) is 3.95. The van der Waals surface area contributed by atoms with Gasteiger partial charge in [0.25, 0.3) is 0 Å². The topological polar surface area (TPSA) is 51.5 Å². The highest BCUT2D eigenvalue weighted by atomic mass is 32.1. The zero-order chi connectivity index (χ0) is 21.6. The lowest BCUT2D eigenvalue weighted by Crippen LogP contribution is -2.27. The third-order valence-electron chi connectivity index (χ3n) is 6.23. The van der Waals surface area contributed by atoms with Gasteiger partial charge in [-0.1, -0.05) is 48.5 Å². The second kappa shape index (κ2) is 7.84. The molecule has 1 unspecified atom stereocenters. The predicted molar refractivity (Wildman–Crippen MR) is 119 cm³/mol. The SMILES string of the molecule is COc1cc2c(C(C(=O)O)C3CCC3)c(C)n(C(=S)c3ccc(C)cc3)c2cc1F. The van der Waals surface area contributed by atoms with Gasteiger partial charge in [-0.2, -0.15) is 0 Å². The van der Waals surface area contributed by atoms with Crippen LogP contribution in [0.3, 0.4) is 0 Å². The molecule has 0 saturated heterocycles. The van der Waals surface area contributed by atoms with Crippen LogP contribution in [0, 0.1) is 25.6 Å². The monoisotopic (exact) mass is 425 g/mol. The molecule has 1 saturated carbocycles. The molecule has 0 bridgehead atoms. The van der Waals surface area contributed by atoms with E-state index in [-0.39, 0.29) is 11.7 Å². The minimum atomic E-state index is -0.855. The Morgan fingerprint density at radius 3 is 2.43 bits per heavy atom. The van der Waals surface area contributed by atoms with Crippen LogP contribution < -0.4 is 4.74 Å². The zero-order valence-corrected chi connectivity index (χ0v) is 18.1. The average molecular weight is 426 g/mol. The molecular weight excluding hydrogens is 401 g/mol. The number of aromatic nitrogens is 1. The van der Waals surface area contributed by atoms with Crippen molar-refractivity contribution < 1.29 is 19.0 Å². The Bertz CT molecular complexity index is 1150. The number of benzene rings is 2. The maximum absolute atomic E-state index is 14.7. The highest BCUT2D eigenvalue weighted by molar-refractivity contribution is 7.80. The molecule has 1 N–H and O–H groups in total. The number of methoxy groups -OCH3 is 1. The number of nitrogens with zero attached hydrogens (tertiary/aromatic N) is 1. The molecule has 2 aromatic carbocycles. The van der Waals surface area contributed by atoms with E-state index in [2.05, 4.69) is 0 Å². The molecular formula is C24H24FNO3S. The lowest BCUT2D eigenvalue weighted by molar-refractivity contribution is -0.141.